The topological polar surface area (TPSA) is 12.5 Å². The van der Waals surface area contributed by atoms with E-state index >= 15 is 0 Å². The van der Waals surface area contributed by atoms with Crippen molar-refractivity contribution in [2.24, 2.45) is 0 Å². The minimum atomic E-state index is 0.460. The van der Waals surface area contributed by atoms with Gasteiger partial charge in [-0.25, -0.2) is 0 Å². The fraction of sp³-hybridized carbons (Fsp3) is 0.867. The summed E-state index contributed by atoms with van der Waals surface area (Å²) in [7, 11) is 0. The lowest BCUT2D eigenvalue weighted by molar-refractivity contribution is 0.375. The van der Waals surface area contributed by atoms with Crippen LogP contribution in [0.2, 0.25) is 0 Å². The molecule has 0 radical (unpaired) electrons. The maximum atomic E-state index is 5.58. The van der Waals surface area contributed by atoms with Crippen molar-refractivity contribution in [1.29, 1.82) is 0 Å². The molecule has 1 heteroatoms. The number of epoxide rings is 1. The first-order chi connectivity index (χ1) is 7.88. The van der Waals surface area contributed by atoms with Crippen LogP contribution in [0.4, 0.5) is 0 Å². The van der Waals surface area contributed by atoms with E-state index in [2.05, 4.69) is 26.0 Å². The van der Waals surface area contributed by atoms with E-state index in [0.29, 0.717) is 12.2 Å². The summed E-state index contributed by atoms with van der Waals surface area (Å²) in [6.07, 6.45) is 17.6. The molecule has 0 N–H and O–H groups in total. The Bertz CT molecular complexity index is 186. The van der Waals surface area contributed by atoms with Crippen LogP contribution in [0.3, 0.4) is 0 Å². The summed E-state index contributed by atoms with van der Waals surface area (Å²) in [5.41, 5.74) is 0. The first kappa shape index (κ1) is 13.8. The first-order valence-electron chi connectivity index (χ1n) is 7.20. The van der Waals surface area contributed by atoms with Gasteiger partial charge in [0, 0.05) is 0 Å². The Hall–Kier alpha value is -0.300. The van der Waals surface area contributed by atoms with Crippen LogP contribution in [-0.4, -0.2) is 12.2 Å². The van der Waals surface area contributed by atoms with Crippen LogP contribution in [0.5, 0.6) is 0 Å². The molecular weight excluding hydrogens is 196 g/mol. The maximum absolute atomic E-state index is 5.58. The van der Waals surface area contributed by atoms with Gasteiger partial charge in [0.1, 0.15) is 6.10 Å². The second-order valence-electron chi connectivity index (χ2n) is 4.91. The predicted octanol–water partition coefficient (Wildman–Crippen LogP) is 4.86. The van der Waals surface area contributed by atoms with Gasteiger partial charge in [0.2, 0.25) is 0 Å². The average Bonchev–Trinajstić information content (AvgIpc) is 3.04. The molecule has 2 atom stereocenters. The van der Waals surface area contributed by atoms with Gasteiger partial charge in [-0.2, -0.15) is 0 Å². The standard InChI is InChI=1S/C15H28O/c1-3-5-7-8-9-10-11-13-15-14(16-15)12-6-4-2/h11,13-15H,3-10,12H2,1-2H3/t14-,15-/m0/s1. The third kappa shape index (κ3) is 6.32. The molecular formula is C15H28O. The molecule has 0 aromatic carbocycles. The summed E-state index contributed by atoms with van der Waals surface area (Å²) in [6, 6.07) is 0. The summed E-state index contributed by atoms with van der Waals surface area (Å²) in [6.45, 7) is 4.50. The quantitative estimate of drug-likeness (QED) is 0.293. The van der Waals surface area contributed by atoms with Gasteiger partial charge in [-0.3, -0.25) is 0 Å². The van der Waals surface area contributed by atoms with E-state index in [1.807, 2.05) is 0 Å². The molecule has 0 bridgehead atoms. The van der Waals surface area contributed by atoms with Gasteiger partial charge in [0.05, 0.1) is 6.10 Å². The summed E-state index contributed by atoms with van der Waals surface area (Å²) in [5, 5.41) is 0. The molecule has 16 heavy (non-hydrogen) atoms. The minimum Gasteiger partial charge on any atom is -0.365 e. The second-order valence-corrected chi connectivity index (χ2v) is 4.91. The Labute approximate surface area is 101 Å². The average molecular weight is 224 g/mol. The second kappa shape index (κ2) is 8.81. The normalized spacial score (nSPS) is 24.1. The van der Waals surface area contributed by atoms with Crippen molar-refractivity contribution in [2.75, 3.05) is 0 Å². The van der Waals surface area contributed by atoms with E-state index in [4.69, 9.17) is 4.74 Å². The van der Waals surface area contributed by atoms with Gasteiger partial charge in [0.25, 0.3) is 0 Å². The lowest BCUT2D eigenvalue weighted by Crippen LogP contribution is -1.89. The number of hydrogen-bond acceptors (Lipinski definition) is 1. The molecule has 0 amide bonds. The zero-order chi connectivity index (χ0) is 11.6. The fourth-order valence-corrected chi connectivity index (χ4v) is 2.06. The molecule has 1 rings (SSSR count). The van der Waals surface area contributed by atoms with Crippen molar-refractivity contribution in [1.82, 2.24) is 0 Å². The molecule has 0 saturated carbocycles. The van der Waals surface area contributed by atoms with Crippen molar-refractivity contribution in [3.05, 3.63) is 12.2 Å². The molecule has 1 saturated heterocycles. The number of allylic oxidation sites excluding steroid dienone is 1. The minimum absolute atomic E-state index is 0.460. The summed E-state index contributed by atoms with van der Waals surface area (Å²) in [4.78, 5) is 0. The molecule has 0 unspecified atom stereocenters. The third-order valence-electron chi connectivity index (χ3n) is 3.26. The van der Waals surface area contributed by atoms with Crippen molar-refractivity contribution in [3.63, 3.8) is 0 Å². The molecule has 1 aliphatic rings. The van der Waals surface area contributed by atoms with E-state index in [9.17, 15) is 0 Å². The van der Waals surface area contributed by atoms with Crippen molar-refractivity contribution < 1.29 is 4.74 Å². The smallest absolute Gasteiger partial charge is 0.102 e. The van der Waals surface area contributed by atoms with Crippen LogP contribution in [0.15, 0.2) is 12.2 Å². The lowest BCUT2D eigenvalue weighted by Gasteiger charge is -1.95. The Morgan fingerprint density at radius 1 is 0.938 bits per heavy atom. The zero-order valence-electron chi connectivity index (χ0n) is 11.1. The zero-order valence-corrected chi connectivity index (χ0v) is 11.1. The van der Waals surface area contributed by atoms with Gasteiger partial charge in [-0.15, -0.1) is 0 Å². The van der Waals surface area contributed by atoms with Crippen LogP contribution in [0.1, 0.15) is 71.6 Å². The van der Waals surface area contributed by atoms with Gasteiger partial charge in [0.15, 0.2) is 0 Å². The highest BCUT2D eigenvalue weighted by molar-refractivity contribution is 5.02. The molecule has 0 aromatic heterocycles. The van der Waals surface area contributed by atoms with Gasteiger partial charge in [-0.1, -0.05) is 64.5 Å². The highest BCUT2D eigenvalue weighted by atomic mass is 16.6. The van der Waals surface area contributed by atoms with Crippen molar-refractivity contribution in [3.8, 4) is 0 Å². The molecule has 1 aliphatic heterocycles. The van der Waals surface area contributed by atoms with Crippen molar-refractivity contribution in [2.45, 2.75) is 83.8 Å². The predicted molar refractivity (Wildman–Crippen MR) is 70.7 cm³/mol. The van der Waals surface area contributed by atoms with Gasteiger partial charge in [-0.05, 0) is 19.3 Å². The van der Waals surface area contributed by atoms with Crippen LogP contribution in [-0.2, 0) is 4.74 Å². The summed E-state index contributed by atoms with van der Waals surface area (Å²) < 4.78 is 5.58. The first-order valence-corrected chi connectivity index (χ1v) is 7.20. The number of unbranched alkanes of at least 4 members (excludes halogenated alkanes) is 6. The molecule has 1 nitrogen and oxygen atoms in total. The summed E-state index contributed by atoms with van der Waals surface area (Å²) in [5.74, 6) is 0. The van der Waals surface area contributed by atoms with Crippen molar-refractivity contribution >= 4 is 0 Å². The SMILES string of the molecule is CCCCCCCC=C[C@@H]1O[C@H]1CCCC. The van der Waals surface area contributed by atoms with E-state index < -0.39 is 0 Å². The molecule has 0 aromatic rings. The van der Waals surface area contributed by atoms with Crippen LogP contribution in [0, 0.1) is 0 Å². The third-order valence-corrected chi connectivity index (χ3v) is 3.26. The number of hydrogen-bond donors (Lipinski definition) is 0. The Morgan fingerprint density at radius 3 is 2.44 bits per heavy atom. The fourth-order valence-electron chi connectivity index (χ4n) is 2.06. The van der Waals surface area contributed by atoms with E-state index in [-0.39, 0.29) is 0 Å². The molecule has 94 valence electrons. The highest BCUT2D eigenvalue weighted by Gasteiger charge is 2.34. The van der Waals surface area contributed by atoms with E-state index in [1.165, 1.54) is 57.8 Å². The Kier molecular flexibility index (Phi) is 7.58. The molecule has 1 heterocycles. The molecule has 0 aliphatic carbocycles. The highest BCUT2D eigenvalue weighted by Crippen LogP contribution is 2.28. The Morgan fingerprint density at radius 2 is 1.69 bits per heavy atom. The number of rotatable bonds is 10. The van der Waals surface area contributed by atoms with Crippen LogP contribution >= 0.6 is 0 Å². The van der Waals surface area contributed by atoms with E-state index in [0.717, 1.165) is 0 Å². The van der Waals surface area contributed by atoms with Gasteiger partial charge < -0.3 is 4.74 Å². The van der Waals surface area contributed by atoms with Crippen LogP contribution in [0.25, 0.3) is 0 Å². The molecule has 1 fully saturated rings. The largest absolute Gasteiger partial charge is 0.365 e. The Balaban J connectivity index is 1.86. The van der Waals surface area contributed by atoms with E-state index in [1.54, 1.807) is 0 Å². The monoisotopic (exact) mass is 224 g/mol. The number of ether oxygens (including phenoxy) is 1. The molecule has 0 spiro atoms. The van der Waals surface area contributed by atoms with Crippen LogP contribution < -0.4 is 0 Å². The van der Waals surface area contributed by atoms with Gasteiger partial charge >= 0.3 is 0 Å². The lowest BCUT2D eigenvalue weighted by atomic mass is 10.1. The summed E-state index contributed by atoms with van der Waals surface area (Å²) >= 11 is 0. The maximum Gasteiger partial charge on any atom is 0.102 e.